The van der Waals surface area contributed by atoms with Gasteiger partial charge in [-0.3, -0.25) is 9.63 Å². The monoisotopic (exact) mass is 275 g/mol. The van der Waals surface area contributed by atoms with Gasteiger partial charge in [-0.25, -0.2) is 0 Å². The molecule has 0 bridgehead atoms. The van der Waals surface area contributed by atoms with E-state index in [1.54, 1.807) is 0 Å². The van der Waals surface area contributed by atoms with Gasteiger partial charge in [0, 0.05) is 23.9 Å². The molecule has 0 spiro atoms. The van der Waals surface area contributed by atoms with Crippen LogP contribution in [0.15, 0.2) is 30.3 Å². The van der Waals surface area contributed by atoms with Crippen molar-refractivity contribution in [1.82, 2.24) is 5.06 Å². The van der Waals surface area contributed by atoms with Gasteiger partial charge in [0.25, 0.3) is 0 Å². The first kappa shape index (κ1) is 15.2. The van der Waals surface area contributed by atoms with Gasteiger partial charge < -0.3 is 0 Å². The van der Waals surface area contributed by atoms with E-state index in [2.05, 4.69) is 39.8 Å². The van der Waals surface area contributed by atoms with Gasteiger partial charge in [0.15, 0.2) is 0 Å². The molecule has 3 nitrogen and oxygen atoms in total. The van der Waals surface area contributed by atoms with Crippen LogP contribution < -0.4 is 0 Å². The van der Waals surface area contributed by atoms with E-state index in [9.17, 15) is 4.79 Å². The SMILES string of the molecule is CC1(C)CC(=O)CC(C)(C)N1OCCc1ccccc1. The maximum absolute atomic E-state index is 11.9. The molecule has 0 aliphatic carbocycles. The third-order valence-corrected chi connectivity index (χ3v) is 3.81. The van der Waals surface area contributed by atoms with Crippen molar-refractivity contribution in [3.05, 3.63) is 35.9 Å². The molecule has 1 aliphatic heterocycles. The third kappa shape index (κ3) is 3.47. The van der Waals surface area contributed by atoms with Crippen molar-refractivity contribution in [2.75, 3.05) is 6.61 Å². The van der Waals surface area contributed by atoms with E-state index < -0.39 is 0 Å². The van der Waals surface area contributed by atoms with E-state index in [4.69, 9.17) is 4.84 Å². The van der Waals surface area contributed by atoms with E-state index in [1.165, 1.54) is 5.56 Å². The van der Waals surface area contributed by atoms with Crippen LogP contribution in [-0.2, 0) is 16.1 Å². The molecule has 0 aromatic heterocycles. The molecule has 2 rings (SSSR count). The minimum Gasteiger partial charge on any atom is -0.300 e. The number of rotatable bonds is 4. The summed E-state index contributed by atoms with van der Waals surface area (Å²) in [4.78, 5) is 17.9. The molecule has 0 amide bonds. The van der Waals surface area contributed by atoms with Gasteiger partial charge in [-0.15, -0.1) is 0 Å². The van der Waals surface area contributed by atoms with Crippen LogP contribution in [0.5, 0.6) is 0 Å². The van der Waals surface area contributed by atoms with Crippen molar-refractivity contribution in [1.29, 1.82) is 0 Å². The molecule has 1 fully saturated rings. The Kier molecular flexibility index (Phi) is 4.31. The smallest absolute Gasteiger partial charge is 0.136 e. The van der Waals surface area contributed by atoms with Crippen LogP contribution in [0.1, 0.15) is 46.1 Å². The van der Waals surface area contributed by atoms with E-state index in [0.717, 1.165) is 6.42 Å². The number of Topliss-reactive ketones (excluding diaryl/α,β-unsaturated/α-hetero) is 1. The zero-order valence-electron chi connectivity index (χ0n) is 13.0. The summed E-state index contributed by atoms with van der Waals surface area (Å²) in [6.45, 7) is 8.95. The summed E-state index contributed by atoms with van der Waals surface area (Å²) < 4.78 is 0. The van der Waals surface area contributed by atoms with Crippen LogP contribution in [0.2, 0.25) is 0 Å². The van der Waals surface area contributed by atoms with Crippen molar-refractivity contribution in [3.8, 4) is 0 Å². The summed E-state index contributed by atoms with van der Waals surface area (Å²) in [5, 5.41) is 2.03. The first-order valence-electron chi connectivity index (χ1n) is 7.30. The average molecular weight is 275 g/mol. The van der Waals surface area contributed by atoms with Crippen LogP contribution in [0.4, 0.5) is 0 Å². The van der Waals surface area contributed by atoms with Crippen molar-refractivity contribution in [3.63, 3.8) is 0 Å². The lowest BCUT2D eigenvalue weighted by atomic mass is 9.81. The highest BCUT2D eigenvalue weighted by Gasteiger charge is 2.46. The van der Waals surface area contributed by atoms with Crippen molar-refractivity contribution in [2.24, 2.45) is 0 Å². The fourth-order valence-electron chi connectivity index (χ4n) is 3.24. The molecule has 3 heteroatoms. The molecule has 110 valence electrons. The van der Waals surface area contributed by atoms with Gasteiger partial charge in [-0.1, -0.05) is 30.3 Å². The molecule has 0 unspecified atom stereocenters. The Balaban J connectivity index is 1.98. The maximum Gasteiger partial charge on any atom is 0.136 e. The Morgan fingerprint density at radius 3 is 2.15 bits per heavy atom. The molecular weight excluding hydrogens is 250 g/mol. The molecule has 0 radical (unpaired) electrons. The van der Waals surface area contributed by atoms with E-state index >= 15 is 0 Å². The Morgan fingerprint density at radius 1 is 1.05 bits per heavy atom. The predicted molar refractivity (Wildman–Crippen MR) is 80.3 cm³/mol. The maximum atomic E-state index is 11.9. The number of carbonyl (C=O) groups is 1. The summed E-state index contributed by atoms with van der Waals surface area (Å²) in [6, 6.07) is 10.3. The Morgan fingerprint density at radius 2 is 1.60 bits per heavy atom. The van der Waals surface area contributed by atoms with Crippen molar-refractivity contribution < 1.29 is 9.63 Å². The number of carbonyl (C=O) groups excluding carboxylic acids is 1. The lowest BCUT2D eigenvalue weighted by molar-refractivity contribution is -0.274. The molecule has 0 N–H and O–H groups in total. The number of piperidine rings is 1. The number of benzene rings is 1. The molecule has 0 saturated carbocycles. The van der Waals surface area contributed by atoms with E-state index in [1.807, 2.05) is 23.3 Å². The van der Waals surface area contributed by atoms with Gasteiger partial charge >= 0.3 is 0 Å². The molecule has 1 aromatic rings. The Labute approximate surface area is 121 Å². The van der Waals surface area contributed by atoms with Crippen molar-refractivity contribution >= 4 is 5.78 Å². The van der Waals surface area contributed by atoms with Gasteiger partial charge in [-0.2, -0.15) is 5.06 Å². The van der Waals surface area contributed by atoms with Gasteiger partial charge in [-0.05, 0) is 39.7 Å². The summed E-state index contributed by atoms with van der Waals surface area (Å²) in [5.74, 6) is 0.322. The normalized spacial score (nSPS) is 21.9. The van der Waals surface area contributed by atoms with Crippen LogP contribution in [-0.4, -0.2) is 28.5 Å². The third-order valence-electron chi connectivity index (χ3n) is 3.81. The number of nitrogens with zero attached hydrogens (tertiary/aromatic N) is 1. The van der Waals surface area contributed by atoms with Crippen LogP contribution in [0.3, 0.4) is 0 Å². The quantitative estimate of drug-likeness (QED) is 0.843. The lowest BCUT2D eigenvalue weighted by Crippen LogP contribution is -2.60. The summed E-state index contributed by atoms with van der Waals surface area (Å²) in [5.41, 5.74) is 0.793. The van der Waals surface area contributed by atoms with Crippen LogP contribution in [0, 0.1) is 0 Å². The zero-order chi connectivity index (χ0) is 14.8. The second kappa shape index (κ2) is 5.66. The second-order valence-electron chi connectivity index (χ2n) is 6.88. The topological polar surface area (TPSA) is 29.5 Å². The average Bonchev–Trinajstić information content (AvgIpc) is 2.32. The highest BCUT2D eigenvalue weighted by molar-refractivity contribution is 5.81. The molecule has 1 heterocycles. The standard InChI is InChI=1S/C17H25NO2/c1-16(2)12-15(19)13-17(3,4)18(16)20-11-10-14-8-6-5-7-9-14/h5-9H,10-13H2,1-4H3. The van der Waals surface area contributed by atoms with Gasteiger partial charge in [0.05, 0.1) is 6.61 Å². The molecule has 20 heavy (non-hydrogen) atoms. The fraction of sp³-hybridized carbons (Fsp3) is 0.588. The first-order chi connectivity index (χ1) is 9.31. The molecule has 1 saturated heterocycles. The fourth-order valence-corrected chi connectivity index (χ4v) is 3.24. The summed E-state index contributed by atoms with van der Waals surface area (Å²) >= 11 is 0. The number of ketones is 1. The minimum atomic E-state index is -0.241. The predicted octanol–water partition coefficient (Wildman–Crippen LogP) is 3.38. The largest absolute Gasteiger partial charge is 0.300 e. The van der Waals surface area contributed by atoms with Crippen molar-refractivity contribution in [2.45, 2.75) is 58.0 Å². The Bertz CT molecular complexity index is 445. The van der Waals surface area contributed by atoms with E-state index in [0.29, 0.717) is 25.2 Å². The molecule has 0 atom stereocenters. The highest BCUT2D eigenvalue weighted by atomic mass is 16.7. The summed E-state index contributed by atoms with van der Waals surface area (Å²) in [7, 11) is 0. The molecule has 1 aliphatic rings. The van der Waals surface area contributed by atoms with E-state index in [-0.39, 0.29) is 11.1 Å². The summed E-state index contributed by atoms with van der Waals surface area (Å²) in [6.07, 6.45) is 2.00. The lowest BCUT2D eigenvalue weighted by Gasteiger charge is -2.50. The highest BCUT2D eigenvalue weighted by Crippen LogP contribution is 2.36. The van der Waals surface area contributed by atoms with Gasteiger partial charge in [0.1, 0.15) is 5.78 Å². The molecular formula is C17H25NO2. The zero-order valence-corrected chi connectivity index (χ0v) is 13.0. The molecule has 1 aromatic carbocycles. The Hall–Kier alpha value is -1.19. The number of hydrogen-bond donors (Lipinski definition) is 0. The number of hydrogen-bond acceptors (Lipinski definition) is 3. The van der Waals surface area contributed by atoms with Crippen LogP contribution >= 0.6 is 0 Å². The van der Waals surface area contributed by atoms with Gasteiger partial charge in [0.2, 0.25) is 0 Å². The number of hydroxylamine groups is 2. The minimum absolute atomic E-state index is 0.241. The second-order valence-corrected chi connectivity index (χ2v) is 6.88. The first-order valence-corrected chi connectivity index (χ1v) is 7.30. The van der Waals surface area contributed by atoms with Crippen LogP contribution in [0.25, 0.3) is 0 Å².